The Kier molecular flexibility index (Phi) is 6.59. The average molecular weight is 527 g/mol. The molecule has 0 radical (unpaired) electrons. The molecule has 0 fully saturated rings. The lowest BCUT2D eigenvalue weighted by molar-refractivity contribution is 0.359. The van der Waals surface area contributed by atoms with E-state index < -0.39 is 80.7 Å². The zero-order chi connectivity index (χ0) is 27.2. The maximum atomic E-state index is 14.8. The molecule has 0 bridgehead atoms. The Morgan fingerprint density at radius 3 is 1.35 bits per heavy atom. The molecule has 0 aromatic heterocycles. The lowest BCUT2D eigenvalue weighted by atomic mass is 10.0. The molecule has 0 saturated carbocycles. The molecule has 37 heavy (non-hydrogen) atoms. The summed E-state index contributed by atoms with van der Waals surface area (Å²) in [6.45, 7) is 1.68. The van der Waals surface area contributed by atoms with Gasteiger partial charge >= 0.3 is 0 Å². The van der Waals surface area contributed by atoms with Gasteiger partial charge in [-0.25, -0.2) is 17.6 Å². The number of rotatable bonds is 5. The van der Waals surface area contributed by atoms with E-state index >= 15 is 0 Å². The summed E-state index contributed by atoms with van der Waals surface area (Å²) in [5.74, 6) is -23.3. The summed E-state index contributed by atoms with van der Waals surface area (Å²) in [5.41, 5.74) is 1.80. The fraction of sp³-hybridized carbons (Fsp3) is 0.0400. The SMILES string of the molecule is Cc1ccc(Oc2c(F)c(F)c(-c3c(F)c(F)c(Oc4ccc(N)c(O)c4)c(F)c3F)c(F)c2F)cc1. The van der Waals surface area contributed by atoms with Gasteiger partial charge < -0.3 is 20.3 Å². The van der Waals surface area contributed by atoms with Crippen LogP contribution in [0.5, 0.6) is 28.7 Å². The highest BCUT2D eigenvalue weighted by atomic mass is 19.2. The van der Waals surface area contributed by atoms with E-state index in [0.29, 0.717) is 0 Å². The molecule has 0 unspecified atom stereocenters. The number of hydrogen-bond donors (Lipinski definition) is 2. The van der Waals surface area contributed by atoms with Gasteiger partial charge in [-0.1, -0.05) is 17.7 Å². The predicted molar refractivity (Wildman–Crippen MR) is 115 cm³/mol. The normalized spacial score (nSPS) is 11.1. The van der Waals surface area contributed by atoms with Crippen LogP contribution in [-0.4, -0.2) is 5.11 Å². The van der Waals surface area contributed by atoms with Crippen LogP contribution in [0, 0.1) is 53.5 Å². The van der Waals surface area contributed by atoms with Crippen LogP contribution in [-0.2, 0) is 0 Å². The Hall–Kier alpha value is -4.48. The second-order valence-electron chi connectivity index (χ2n) is 7.66. The average Bonchev–Trinajstić information content (AvgIpc) is 2.87. The first-order valence-corrected chi connectivity index (χ1v) is 10.2. The zero-order valence-corrected chi connectivity index (χ0v) is 18.4. The Labute approximate surface area is 203 Å². The van der Waals surface area contributed by atoms with Crippen LogP contribution in [0.3, 0.4) is 0 Å². The molecule has 0 heterocycles. The number of ether oxygens (including phenoxy) is 2. The molecule has 0 amide bonds. The number of phenols is 1. The summed E-state index contributed by atoms with van der Waals surface area (Å²) in [4.78, 5) is 0. The number of nitrogens with two attached hydrogens (primary N) is 1. The van der Waals surface area contributed by atoms with Gasteiger partial charge in [0.15, 0.2) is 23.3 Å². The van der Waals surface area contributed by atoms with E-state index in [2.05, 4.69) is 0 Å². The van der Waals surface area contributed by atoms with Crippen molar-refractivity contribution in [1.82, 2.24) is 0 Å². The fourth-order valence-corrected chi connectivity index (χ4v) is 3.27. The van der Waals surface area contributed by atoms with E-state index in [4.69, 9.17) is 15.2 Å². The van der Waals surface area contributed by atoms with Crippen molar-refractivity contribution in [2.45, 2.75) is 6.92 Å². The lowest BCUT2D eigenvalue weighted by Gasteiger charge is -2.16. The Morgan fingerprint density at radius 2 is 0.946 bits per heavy atom. The molecule has 12 heteroatoms. The van der Waals surface area contributed by atoms with Crippen molar-refractivity contribution >= 4 is 5.69 Å². The van der Waals surface area contributed by atoms with Gasteiger partial charge in [-0.05, 0) is 31.2 Å². The van der Waals surface area contributed by atoms with E-state index in [1.165, 1.54) is 24.3 Å². The number of aryl methyl sites for hydroxylation is 1. The Balaban J connectivity index is 1.85. The van der Waals surface area contributed by atoms with Gasteiger partial charge in [0.25, 0.3) is 0 Å². The first-order valence-electron chi connectivity index (χ1n) is 10.2. The van der Waals surface area contributed by atoms with Crippen LogP contribution >= 0.6 is 0 Å². The minimum atomic E-state index is -2.42. The smallest absolute Gasteiger partial charge is 0.205 e. The first-order chi connectivity index (χ1) is 17.4. The van der Waals surface area contributed by atoms with Crippen molar-refractivity contribution in [3.05, 3.63) is 94.6 Å². The molecule has 4 nitrogen and oxygen atoms in total. The Bertz CT molecular complexity index is 1480. The predicted octanol–water partition coefficient (Wildman–Crippen LogP) is 7.65. The van der Waals surface area contributed by atoms with Crippen molar-refractivity contribution in [3.63, 3.8) is 0 Å². The third-order valence-electron chi connectivity index (χ3n) is 5.16. The second kappa shape index (κ2) is 9.52. The van der Waals surface area contributed by atoms with Gasteiger partial charge in [-0.3, -0.25) is 0 Å². The minimum Gasteiger partial charge on any atom is -0.506 e. The molecule has 4 rings (SSSR count). The number of nitrogen functional groups attached to an aromatic ring is 1. The maximum absolute atomic E-state index is 14.8. The largest absolute Gasteiger partial charge is 0.506 e. The van der Waals surface area contributed by atoms with Crippen LogP contribution < -0.4 is 15.2 Å². The maximum Gasteiger partial charge on any atom is 0.205 e. The summed E-state index contributed by atoms with van der Waals surface area (Å²) in [6, 6.07) is 8.14. The summed E-state index contributed by atoms with van der Waals surface area (Å²) in [7, 11) is 0. The number of phenolic OH excluding ortho intramolecular Hbond substituents is 1. The molecular weight excluding hydrogens is 514 g/mol. The van der Waals surface area contributed by atoms with Gasteiger partial charge in [-0.2, -0.15) is 17.6 Å². The molecule has 0 aliphatic rings. The Morgan fingerprint density at radius 1 is 0.568 bits per heavy atom. The molecule has 0 aliphatic carbocycles. The van der Waals surface area contributed by atoms with E-state index in [0.717, 1.165) is 23.8 Å². The molecule has 0 spiro atoms. The summed E-state index contributed by atoms with van der Waals surface area (Å²) in [5, 5.41) is 9.55. The lowest BCUT2D eigenvalue weighted by Crippen LogP contribution is -2.09. The fourth-order valence-electron chi connectivity index (χ4n) is 3.27. The summed E-state index contributed by atoms with van der Waals surface area (Å²) < 4.78 is 127. The van der Waals surface area contributed by atoms with Crippen molar-refractivity contribution in [2.75, 3.05) is 5.73 Å². The van der Waals surface area contributed by atoms with E-state index in [9.17, 15) is 40.2 Å². The standard InChI is InChI=1S/C25H13F8NO3/c1-9-2-4-10(5-3-9)36-24-20(30)16(26)14(17(27)21(24)31)15-18(28)22(32)25(23(33)19(15)29)37-11-6-7-12(34)13(35)8-11/h2-8,35H,34H2,1H3. The molecule has 0 atom stereocenters. The van der Waals surface area contributed by atoms with Gasteiger partial charge in [0.05, 0.1) is 16.8 Å². The molecule has 3 N–H and O–H groups in total. The van der Waals surface area contributed by atoms with Gasteiger partial charge in [0.1, 0.15) is 17.2 Å². The van der Waals surface area contributed by atoms with Crippen LogP contribution in [0.25, 0.3) is 11.1 Å². The minimum absolute atomic E-state index is 0.161. The zero-order valence-electron chi connectivity index (χ0n) is 18.4. The molecule has 4 aromatic rings. The van der Waals surface area contributed by atoms with E-state index in [1.807, 2.05) is 0 Å². The monoisotopic (exact) mass is 527 g/mol. The van der Waals surface area contributed by atoms with Crippen LogP contribution in [0.15, 0.2) is 42.5 Å². The van der Waals surface area contributed by atoms with Crippen molar-refractivity contribution in [2.24, 2.45) is 0 Å². The number of anilines is 1. The van der Waals surface area contributed by atoms with E-state index in [1.54, 1.807) is 6.92 Å². The summed E-state index contributed by atoms with van der Waals surface area (Å²) in [6.07, 6.45) is 0. The van der Waals surface area contributed by atoms with Crippen molar-refractivity contribution in [1.29, 1.82) is 0 Å². The van der Waals surface area contributed by atoms with E-state index in [-0.39, 0.29) is 11.4 Å². The van der Waals surface area contributed by atoms with Gasteiger partial charge in [0.2, 0.25) is 34.8 Å². The third-order valence-corrected chi connectivity index (χ3v) is 5.16. The van der Waals surface area contributed by atoms with Crippen LogP contribution in [0.2, 0.25) is 0 Å². The third kappa shape index (κ3) is 4.46. The second-order valence-corrected chi connectivity index (χ2v) is 7.66. The van der Waals surface area contributed by atoms with Crippen molar-refractivity contribution < 1.29 is 49.7 Å². The van der Waals surface area contributed by atoms with Crippen LogP contribution in [0.4, 0.5) is 40.8 Å². The molecule has 0 saturated heterocycles. The number of hydrogen-bond acceptors (Lipinski definition) is 4. The number of halogens is 8. The quantitative estimate of drug-likeness (QED) is 0.121. The number of benzene rings is 4. The molecular formula is C25H13F8NO3. The molecule has 4 aromatic carbocycles. The van der Waals surface area contributed by atoms with Gasteiger partial charge in [0, 0.05) is 6.07 Å². The highest BCUT2D eigenvalue weighted by molar-refractivity contribution is 5.69. The summed E-state index contributed by atoms with van der Waals surface area (Å²) >= 11 is 0. The molecule has 192 valence electrons. The number of aromatic hydroxyl groups is 1. The molecule has 0 aliphatic heterocycles. The van der Waals surface area contributed by atoms with Crippen molar-refractivity contribution in [3.8, 4) is 39.9 Å². The topological polar surface area (TPSA) is 64.7 Å². The van der Waals surface area contributed by atoms with Gasteiger partial charge in [-0.15, -0.1) is 0 Å². The highest BCUT2D eigenvalue weighted by Gasteiger charge is 2.35. The highest BCUT2D eigenvalue weighted by Crippen LogP contribution is 2.43. The van der Waals surface area contributed by atoms with Crippen LogP contribution in [0.1, 0.15) is 5.56 Å². The first kappa shape index (κ1) is 25.6.